The van der Waals surface area contributed by atoms with Gasteiger partial charge in [-0.3, -0.25) is 19.5 Å². The molecule has 1 saturated carbocycles. The van der Waals surface area contributed by atoms with Crippen LogP contribution in [0.3, 0.4) is 0 Å². The van der Waals surface area contributed by atoms with Gasteiger partial charge in [-0.05, 0) is 66.9 Å². The average molecular weight is 462 g/mol. The molecule has 0 spiro atoms. The van der Waals surface area contributed by atoms with E-state index in [2.05, 4.69) is 10.3 Å². The summed E-state index contributed by atoms with van der Waals surface area (Å²) < 4.78 is 19.1. The van der Waals surface area contributed by atoms with E-state index in [1.165, 1.54) is 35.4 Å². The number of carbonyl (C=O) groups excluding carboxylic acids is 2. The number of nitrogens with one attached hydrogen (secondary N) is 1. The van der Waals surface area contributed by atoms with Crippen molar-refractivity contribution in [2.75, 3.05) is 12.0 Å². The fourth-order valence-electron chi connectivity index (χ4n) is 4.35. The molecule has 6 nitrogen and oxygen atoms in total. The van der Waals surface area contributed by atoms with E-state index in [1.54, 1.807) is 49.6 Å². The summed E-state index contributed by atoms with van der Waals surface area (Å²) in [6.45, 7) is 0. The van der Waals surface area contributed by atoms with Gasteiger partial charge in [0.1, 0.15) is 23.3 Å². The number of pyridine rings is 1. The Hall–Kier alpha value is -3.74. The Kier molecular flexibility index (Phi) is 7.52. The number of methoxy groups -OCH3 is 1. The third-order valence-electron chi connectivity index (χ3n) is 6.08. The number of hydrogen-bond donors (Lipinski definition) is 1. The molecule has 1 heterocycles. The Morgan fingerprint density at radius 3 is 2.47 bits per heavy atom. The largest absolute Gasteiger partial charge is 0.497 e. The fraction of sp³-hybridized carbons (Fsp3) is 0.296. The second kappa shape index (κ2) is 10.9. The molecule has 34 heavy (non-hydrogen) atoms. The van der Waals surface area contributed by atoms with Gasteiger partial charge in [0.05, 0.1) is 7.11 Å². The summed E-state index contributed by atoms with van der Waals surface area (Å²) in [7, 11) is 1.55. The van der Waals surface area contributed by atoms with Crippen molar-refractivity contribution in [1.82, 2.24) is 10.3 Å². The fourth-order valence-corrected chi connectivity index (χ4v) is 4.35. The molecule has 0 saturated heterocycles. The minimum absolute atomic E-state index is 0.0503. The highest BCUT2D eigenvalue weighted by Gasteiger charge is 2.35. The number of hydrogen-bond acceptors (Lipinski definition) is 4. The van der Waals surface area contributed by atoms with E-state index in [4.69, 9.17) is 4.74 Å². The summed E-state index contributed by atoms with van der Waals surface area (Å²) >= 11 is 0. The number of rotatable bonds is 7. The Morgan fingerprint density at radius 2 is 1.79 bits per heavy atom. The van der Waals surface area contributed by atoms with Crippen LogP contribution >= 0.6 is 0 Å². The maximum atomic E-state index is 13.8. The molecule has 0 unspecified atom stereocenters. The number of aromatic nitrogens is 1. The number of carbonyl (C=O) groups is 2. The maximum absolute atomic E-state index is 13.8. The quantitative estimate of drug-likeness (QED) is 0.534. The number of nitrogens with zero attached hydrogens (tertiary/aromatic N) is 2. The van der Waals surface area contributed by atoms with Crippen molar-refractivity contribution >= 4 is 17.5 Å². The average Bonchev–Trinajstić information content (AvgIpc) is 2.88. The lowest BCUT2D eigenvalue weighted by Crippen LogP contribution is -2.47. The highest BCUT2D eigenvalue weighted by Crippen LogP contribution is 2.32. The highest BCUT2D eigenvalue weighted by atomic mass is 19.1. The Morgan fingerprint density at radius 1 is 1.03 bits per heavy atom. The molecule has 3 aromatic rings. The predicted molar refractivity (Wildman–Crippen MR) is 128 cm³/mol. The molecular formula is C27H28FN3O3. The number of benzene rings is 2. The second-order valence-electron chi connectivity index (χ2n) is 8.39. The predicted octanol–water partition coefficient (Wildman–Crippen LogP) is 5.07. The first-order valence-electron chi connectivity index (χ1n) is 11.5. The molecular weight excluding hydrogens is 433 g/mol. The highest BCUT2D eigenvalue weighted by molar-refractivity contribution is 6.09. The number of anilines is 1. The standard InChI is InChI=1S/C27H28FN3O3/c1-34-23-11-7-8-19(18-23)25(26(32)30-21-9-3-2-4-10-21)31(22-15-13-20(28)14-16-22)27(33)24-12-5-6-17-29-24/h5-8,11-18,21,25H,2-4,9-10H2,1H3,(H,30,32)/t25-/m1/s1. The van der Waals surface area contributed by atoms with E-state index in [-0.39, 0.29) is 17.6 Å². The van der Waals surface area contributed by atoms with Crippen LogP contribution in [0.25, 0.3) is 0 Å². The van der Waals surface area contributed by atoms with Crippen molar-refractivity contribution in [3.8, 4) is 5.75 Å². The molecule has 1 atom stereocenters. The summed E-state index contributed by atoms with van der Waals surface area (Å²) in [6.07, 6.45) is 6.61. The summed E-state index contributed by atoms with van der Waals surface area (Å²) in [5.74, 6) is -0.622. The van der Waals surface area contributed by atoms with Crippen LogP contribution in [0.5, 0.6) is 5.75 Å². The molecule has 4 rings (SSSR count). The van der Waals surface area contributed by atoms with Crippen LogP contribution in [0, 0.1) is 5.82 Å². The van der Waals surface area contributed by atoms with Gasteiger partial charge in [-0.25, -0.2) is 4.39 Å². The zero-order chi connectivity index (χ0) is 23.9. The lowest BCUT2D eigenvalue weighted by atomic mass is 9.94. The molecule has 7 heteroatoms. The van der Waals surface area contributed by atoms with Gasteiger partial charge in [0.15, 0.2) is 0 Å². The lowest BCUT2D eigenvalue weighted by Gasteiger charge is -2.33. The first-order valence-corrected chi connectivity index (χ1v) is 11.5. The van der Waals surface area contributed by atoms with Crippen LogP contribution < -0.4 is 15.0 Å². The first-order chi connectivity index (χ1) is 16.6. The molecule has 1 aliphatic rings. The molecule has 176 valence electrons. The van der Waals surface area contributed by atoms with Crippen molar-refractivity contribution in [2.24, 2.45) is 0 Å². The van der Waals surface area contributed by atoms with Gasteiger partial charge in [0.2, 0.25) is 5.91 Å². The van der Waals surface area contributed by atoms with Gasteiger partial charge in [-0.15, -0.1) is 0 Å². The van der Waals surface area contributed by atoms with E-state index < -0.39 is 17.8 Å². The van der Waals surface area contributed by atoms with Crippen LogP contribution in [0.1, 0.15) is 54.2 Å². The molecule has 1 N–H and O–H groups in total. The van der Waals surface area contributed by atoms with E-state index in [0.29, 0.717) is 17.0 Å². The SMILES string of the molecule is COc1cccc([C@H](C(=O)NC2CCCCC2)N(C(=O)c2ccccn2)c2ccc(F)cc2)c1. The van der Waals surface area contributed by atoms with E-state index >= 15 is 0 Å². The monoisotopic (exact) mass is 461 g/mol. The van der Waals surface area contributed by atoms with Crippen molar-refractivity contribution in [2.45, 2.75) is 44.2 Å². The third-order valence-corrected chi connectivity index (χ3v) is 6.08. The third kappa shape index (κ3) is 5.42. The van der Waals surface area contributed by atoms with E-state index in [0.717, 1.165) is 32.1 Å². The van der Waals surface area contributed by atoms with Gasteiger partial charge >= 0.3 is 0 Å². The number of ether oxygens (including phenoxy) is 1. The minimum Gasteiger partial charge on any atom is -0.497 e. The summed E-state index contributed by atoms with van der Waals surface area (Å²) in [5, 5.41) is 3.15. The topological polar surface area (TPSA) is 71.5 Å². The number of amides is 2. The van der Waals surface area contributed by atoms with Crippen LogP contribution in [-0.4, -0.2) is 29.9 Å². The Labute approximate surface area is 198 Å². The molecule has 1 aromatic heterocycles. The van der Waals surface area contributed by atoms with E-state index in [1.807, 2.05) is 0 Å². The smallest absolute Gasteiger partial charge is 0.277 e. The van der Waals surface area contributed by atoms with Gasteiger partial charge < -0.3 is 10.1 Å². The Bertz CT molecular complexity index is 1120. The zero-order valence-corrected chi connectivity index (χ0v) is 19.1. The first kappa shape index (κ1) is 23.4. The minimum atomic E-state index is -1.00. The molecule has 2 amide bonds. The van der Waals surface area contributed by atoms with Crippen molar-refractivity contribution in [3.05, 3.63) is 90.0 Å². The van der Waals surface area contributed by atoms with Gasteiger partial charge in [-0.1, -0.05) is 37.5 Å². The van der Waals surface area contributed by atoms with Crippen molar-refractivity contribution in [1.29, 1.82) is 0 Å². The van der Waals surface area contributed by atoms with Gasteiger partial charge in [0.25, 0.3) is 5.91 Å². The summed E-state index contributed by atoms with van der Waals surface area (Å²) in [4.78, 5) is 33.1. The second-order valence-corrected chi connectivity index (χ2v) is 8.39. The van der Waals surface area contributed by atoms with Gasteiger partial charge in [-0.2, -0.15) is 0 Å². The summed E-state index contributed by atoms with van der Waals surface area (Å²) in [6, 6.07) is 16.7. The summed E-state index contributed by atoms with van der Waals surface area (Å²) in [5.41, 5.74) is 1.16. The molecule has 0 bridgehead atoms. The van der Waals surface area contributed by atoms with Crippen LogP contribution in [0.4, 0.5) is 10.1 Å². The van der Waals surface area contributed by atoms with Crippen LogP contribution in [0.2, 0.25) is 0 Å². The van der Waals surface area contributed by atoms with Crippen molar-refractivity contribution in [3.63, 3.8) is 0 Å². The zero-order valence-electron chi connectivity index (χ0n) is 19.1. The normalized spacial score (nSPS) is 14.8. The molecule has 0 radical (unpaired) electrons. The van der Waals surface area contributed by atoms with Crippen LogP contribution in [0.15, 0.2) is 72.9 Å². The Balaban J connectivity index is 1.81. The molecule has 2 aromatic carbocycles. The van der Waals surface area contributed by atoms with Crippen molar-refractivity contribution < 1.29 is 18.7 Å². The van der Waals surface area contributed by atoms with Crippen LogP contribution in [-0.2, 0) is 4.79 Å². The van der Waals surface area contributed by atoms with E-state index in [9.17, 15) is 14.0 Å². The molecule has 1 aliphatic carbocycles. The molecule has 1 fully saturated rings. The maximum Gasteiger partial charge on any atom is 0.277 e. The number of halogens is 1. The molecule has 0 aliphatic heterocycles. The van der Waals surface area contributed by atoms with Gasteiger partial charge in [0, 0.05) is 17.9 Å². The lowest BCUT2D eigenvalue weighted by molar-refractivity contribution is -0.123.